The fraction of sp³-hybridized carbons (Fsp3) is 0. The maximum Gasteiger partial charge on any atom is 0.258 e. The highest BCUT2D eigenvalue weighted by Crippen LogP contribution is 2.32. The zero-order valence-corrected chi connectivity index (χ0v) is 18.2. The second-order valence-electron chi connectivity index (χ2n) is 6.22. The van der Waals surface area contributed by atoms with Crippen LogP contribution in [0.4, 0.5) is 5.69 Å². The summed E-state index contributed by atoms with van der Waals surface area (Å²) in [7, 11) is 0. The van der Waals surface area contributed by atoms with Gasteiger partial charge in [0.05, 0.1) is 15.6 Å². The smallest absolute Gasteiger partial charge is 0.258 e. The van der Waals surface area contributed by atoms with Crippen LogP contribution in [-0.4, -0.2) is 16.0 Å². The van der Waals surface area contributed by atoms with Gasteiger partial charge in [0, 0.05) is 16.3 Å². The van der Waals surface area contributed by atoms with Crippen molar-refractivity contribution >= 4 is 74.8 Å². The minimum atomic E-state index is -0.403. The van der Waals surface area contributed by atoms with E-state index in [9.17, 15) is 4.79 Å². The van der Waals surface area contributed by atoms with Gasteiger partial charge in [-0.15, -0.1) is 0 Å². The van der Waals surface area contributed by atoms with E-state index in [2.05, 4.69) is 15.6 Å². The first-order chi connectivity index (χ1) is 14.4. The summed E-state index contributed by atoms with van der Waals surface area (Å²) in [4.78, 5) is 16.8. The van der Waals surface area contributed by atoms with Gasteiger partial charge in [-0.2, -0.15) is 0 Å². The maximum absolute atomic E-state index is 12.3. The lowest BCUT2D eigenvalue weighted by Crippen LogP contribution is -2.34. The van der Waals surface area contributed by atoms with Crippen LogP contribution in [0.15, 0.2) is 65.1 Å². The van der Waals surface area contributed by atoms with Crippen LogP contribution >= 0.6 is 47.0 Å². The first-order valence-electron chi connectivity index (χ1n) is 8.63. The molecule has 0 atom stereocenters. The summed E-state index contributed by atoms with van der Waals surface area (Å²) in [6, 6.07) is 17.2. The summed E-state index contributed by atoms with van der Waals surface area (Å²) in [5, 5.41) is 6.90. The molecule has 2 N–H and O–H groups in total. The average molecular weight is 477 g/mol. The highest BCUT2D eigenvalue weighted by Gasteiger charge is 2.14. The molecule has 0 aliphatic carbocycles. The fourth-order valence-corrected chi connectivity index (χ4v) is 3.74. The van der Waals surface area contributed by atoms with Gasteiger partial charge in [0.2, 0.25) is 5.89 Å². The summed E-state index contributed by atoms with van der Waals surface area (Å²) in [6.07, 6.45) is 0. The molecular weight excluding hydrogens is 465 g/mol. The van der Waals surface area contributed by atoms with Crippen molar-refractivity contribution < 1.29 is 9.21 Å². The van der Waals surface area contributed by atoms with Gasteiger partial charge >= 0.3 is 0 Å². The van der Waals surface area contributed by atoms with Gasteiger partial charge in [-0.1, -0.05) is 53.0 Å². The summed E-state index contributed by atoms with van der Waals surface area (Å²) < 4.78 is 5.79. The number of nitrogens with zero attached hydrogens (tertiary/aromatic N) is 1. The first kappa shape index (κ1) is 20.6. The predicted molar refractivity (Wildman–Crippen MR) is 125 cm³/mol. The van der Waals surface area contributed by atoms with Gasteiger partial charge in [-0.05, 0) is 54.7 Å². The number of nitrogens with one attached hydrogen (secondary N) is 2. The number of carbonyl (C=O) groups excluding carboxylic acids is 1. The Balaban J connectivity index is 1.52. The van der Waals surface area contributed by atoms with Crippen LogP contribution in [0, 0.1) is 0 Å². The Labute approximate surface area is 192 Å². The molecule has 0 aliphatic rings. The van der Waals surface area contributed by atoms with E-state index in [1.54, 1.807) is 54.6 Å². The van der Waals surface area contributed by atoms with Crippen molar-refractivity contribution in [2.24, 2.45) is 0 Å². The SMILES string of the molecule is O=C(NC(=S)Nc1cccc(-c2nc3cc(Cl)cc(Cl)c3o2)c1)c1ccccc1Cl. The molecule has 30 heavy (non-hydrogen) atoms. The Kier molecular flexibility index (Phi) is 5.92. The number of amides is 1. The molecule has 0 spiro atoms. The monoisotopic (exact) mass is 475 g/mol. The van der Waals surface area contributed by atoms with Crippen LogP contribution in [-0.2, 0) is 0 Å². The van der Waals surface area contributed by atoms with Gasteiger partial charge in [0.15, 0.2) is 10.7 Å². The molecule has 3 aromatic carbocycles. The number of rotatable bonds is 3. The van der Waals surface area contributed by atoms with E-state index in [-0.39, 0.29) is 5.11 Å². The number of anilines is 1. The molecule has 5 nitrogen and oxygen atoms in total. The van der Waals surface area contributed by atoms with E-state index in [0.29, 0.717) is 48.9 Å². The van der Waals surface area contributed by atoms with Crippen LogP contribution in [0.1, 0.15) is 10.4 Å². The number of aromatic nitrogens is 1. The van der Waals surface area contributed by atoms with Gasteiger partial charge in [0.25, 0.3) is 5.91 Å². The van der Waals surface area contributed by atoms with E-state index in [4.69, 9.17) is 51.4 Å². The number of benzene rings is 3. The van der Waals surface area contributed by atoms with Crippen LogP contribution in [0.5, 0.6) is 0 Å². The van der Waals surface area contributed by atoms with E-state index < -0.39 is 5.91 Å². The summed E-state index contributed by atoms with van der Waals surface area (Å²) >= 11 is 23.5. The molecule has 0 bridgehead atoms. The van der Waals surface area contributed by atoms with Crippen molar-refractivity contribution in [3.05, 3.63) is 81.3 Å². The topological polar surface area (TPSA) is 67.2 Å². The zero-order chi connectivity index (χ0) is 21.3. The number of hydrogen-bond donors (Lipinski definition) is 2. The van der Waals surface area contributed by atoms with Crippen molar-refractivity contribution in [3.63, 3.8) is 0 Å². The number of hydrogen-bond acceptors (Lipinski definition) is 4. The van der Waals surface area contributed by atoms with Crippen molar-refractivity contribution in [1.29, 1.82) is 0 Å². The van der Waals surface area contributed by atoms with Crippen molar-refractivity contribution in [2.75, 3.05) is 5.32 Å². The lowest BCUT2D eigenvalue weighted by Gasteiger charge is -2.10. The molecule has 1 aromatic heterocycles. The number of halogens is 3. The molecule has 150 valence electrons. The van der Waals surface area contributed by atoms with E-state index in [1.807, 2.05) is 6.07 Å². The minimum Gasteiger partial charge on any atom is -0.435 e. The third-order valence-electron chi connectivity index (χ3n) is 4.12. The van der Waals surface area contributed by atoms with Crippen LogP contribution in [0.3, 0.4) is 0 Å². The fourth-order valence-electron chi connectivity index (χ4n) is 2.79. The quantitative estimate of drug-likeness (QED) is 0.327. The molecule has 1 amide bonds. The molecule has 9 heteroatoms. The van der Waals surface area contributed by atoms with E-state index in [0.717, 1.165) is 0 Å². The minimum absolute atomic E-state index is 0.129. The lowest BCUT2D eigenvalue weighted by atomic mass is 10.2. The molecule has 0 saturated carbocycles. The number of fused-ring (bicyclic) bond motifs is 1. The van der Waals surface area contributed by atoms with Crippen molar-refractivity contribution in [2.45, 2.75) is 0 Å². The first-order valence-corrected chi connectivity index (χ1v) is 10.2. The Bertz CT molecular complexity index is 1290. The summed E-state index contributed by atoms with van der Waals surface area (Å²) in [6.45, 7) is 0. The maximum atomic E-state index is 12.3. The largest absolute Gasteiger partial charge is 0.435 e. The van der Waals surface area contributed by atoms with Gasteiger partial charge in [0.1, 0.15) is 5.52 Å². The number of carbonyl (C=O) groups is 1. The predicted octanol–water partition coefficient (Wildman–Crippen LogP) is 6.58. The lowest BCUT2D eigenvalue weighted by molar-refractivity contribution is 0.0978. The van der Waals surface area contributed by atoms with E-state index in [1.165, 1.54) is 0 Å². The van der Waals surface area contributed by atoms with Crippen LogP contribution in [0.2, 0.25) is 15.1 Å². The third-order valence-corrected chi connectivity index (χ3v) is 5.16. The highest BCUT2D eigenvalue weighted by molar-refractivity contribution is 7.80. The van der Waals surface area contributed by atoms with Crippen molar-refractivity contribution in [1.82, 2.24) is 10.3 Å². The zero-order valence-electron chi connectivity index (χ0n) is 15.1. The molecule has 4 rings (SSSR count). The van der Waals surface area contributed by atoms with Gasteiger partial charge in [-0.25, -0.2) is 4.98 Å². The molecule has 0 aliphatic heterocycles. The highest BCUT2D eigenvalue weighted by atomic mass is 35.5. The molecule has 0 unspecified atom stereocenters. The Morgan fingerprint density at radius 1 is 0.967 bits per heavy atom. The molecule has 0 fully saturated rings. The average Bonchev–Trinajstić information content (AvgIpc) is 3.13. The second-order valence-corrected chi connectivity index (χ2v) is 7.88. The van der Waals surface area contributed by atoms with E-state index >= 15 is 0 Å². The van der Waals surface area contributed by atoms with Crippen LogP contribution < -0.4 is 10.6 Å². The van der Waals surface area contributed by atoms with Crippen LogP contribution in [0.25, 0.3) is 22.6 Å². The molecule has 1 heterocycles. The Morgan fingerprint density at radius 2 is 1.77 bits per heavy atom. The number of oxazole rings is 1. The summed E-state index contributed by atoms with van der Waals surface area (Å²) in [5.41, 5.74) is 2.69. The van der Waals surface area contributed by atoms with Crippen molar-refractivity contribution in [3.8, 4) is 11.5 Å². The molecule has 0 saturated heterocycles. The molecular formula is C21H12Cl3N3O2S. The van der Waals surface area contributed by atoms with Gasteiger partial charge < -0.3 is 9.73 Å². The Hall–Kier alpha value is -2.64. The summed E-state index contributed by atoms with van der Waals surface area (Å²) in [5.74, 6) is -0.0245. The molecule has 0 radical (unpaired) electrons. The third kappa shape index (κ3) is 4.42. The normalized spacial score (nSPS) is 10.8. The second kappa shape index (κ2) is 8.62. The standard InChI is InChI=1S/C21H12Cl3N3O2S/c22-12-9-16(24)18-17(10-12)26-20(29-18)11-4-3-5-13(8-11)25-21(30)27-19(28)14-6-1-2-7-15(14)23/h1-10H,(H2,25,27,28,30). The molecule has 4 aromatic rings. The Morgan fingerprint density at radius 3 is 2.57 bits per heavy atom. The van der Waals surface area contributed by atoms with Gasteiger partial charge in [-0.3, -0.25) is 10.1 Å². The number of thiocarbonyl (C=S) groups is 1.